The van der Waals surface area contributed by atoms with Gasteiger partial charge in [0.2, 0.25) is 5.91 Å². The standard InChI is InChI=1S/C22H26N4O2/c1-28-15-19-10-6-5-9-18(19)12-24-22(27)21(23)11-20-14-26(16-25-20)13-17-7-3-2-4-8-17/h2-10,14,16,21H,11-13,15,23H2,1H3,(H,24,27)/t21-/m0/s1. The highest BCUT2D eigenvalue weighted by atomic mass is 16.5. The molecule has 0 saturated heterocycles. The van der Waals surface area contributed by atoms with Crippen LogP contribution in [0, 0.1) is 0 Å². The molecule has 0 radical (unpaired) electrons. The van der Waals surface area contributed by atoms with Gasteiger partial charge in [-0.25, -0.2) is 4.98 Å². The third kappa shape index (κ3) is 5.52. The highest BCUT2D eigenvalue weighted by Gasteiger charge is 2.16. The maximum atomic E-state index is 12.4. The summed E-state index contributed by atoms with van der Waals surface area (Å²) in [6.45, 7) is 1.68. The van der Waals surface area contributed by atoms with Crippen molar-refractivity contribution in [1.29, 1.82) is 0 Å². The molecule has 3 aromatic rings. The summed E-state index contributed by atoms with van der Waals surface area (Å²) in [7, 11) is 1.65. The number of amides is 1. The van der Waals surface area contributed by atoms with Crippen LogP contribution in [-0.2, 0) is 35.6 Å². The van der Waals surface area contributed by atoms with Crippen LogP contribution in [0.5, 0.6) is 0 Å². The van der Waals surface area contributed by atoms with Crippen LogP contribution in [-0.4, -0.2) is 28.6 Å². The van der Waals surface area contributed by atoms with Crippen molar-refractivity contribution in [2.24, 2.45) is 5.73 Å². The molecule has 0 bridgehead atoms. The van der Waals surface area contributed by atoms with E-state index in [1.807, 2.05) is 53.2 Å². The number of hydrogen-bond donors (Lipinski definition) is 2. The zero-order valence-corrected chi connectivity index (χ0v) is 16.0. The number of aromatic nitrogens is 2. The molecule has 0 aliphatic heterocycles. The summed E-state index contributed by atoms with van der Waals surface area (Å²) in [4.78, 5) is 16.8. The van der Waals surface area contributed by atoms with Crippen molar-refractivity contribution < 1.29 is 9.53 Å². The smallest absolute Gasteiger partial charge is 0.237 e. The van der Waals surface area contributed by atoms with Crippen molar-refractivity contribution >= 4 is 5.91 Å². The largest absolute Gasteiger partial charge is 0.380 e. The molecule has 0 fully saturated rings. The van der Waals surface area contributed by atoms with E-state index in [-0.39, 0.29) is 5.91 Å². The van der Waals surface area contributed by atoms with Gasteiger partial charge in [-0.3, -0.25) is 4.79 Å². The van der Waals surface area contributed by atoms with E-state index >= 15 is 0 Å². The summed E-state index contributed by atoms with van der Waals surface area (Å²) in [5.41, 5.74) is 10.2. The predicted octanol–water partition coefficient (Wildman–Crippen LogP) is 2.26. The number of nitrogens with one attached hydrogen (secondary N) is 1. The molecule has 0 aliphatic rings. The van der Waals surface area contributed by atoms with Crippen molar-refractivity contribution in [3.63, 3.8) is 0 Å². The van der Waals surface area contributed by atoms with Gasteiger partial charge in [0.15, 0.2) is 0 Å². The van der Waals surface area contributed by atoms with Gasteiger partial charge in [-0.2, -0.15) is 0 Å². The number of carbonyl (C=O) groups excluding carboxylic acids is 1. The van der Waals surface area contributed by atoms with Gasteiger partial charge < -0.3 is 20.4 Å². The first-order valence-electron chi connectivity index (χ1n) is 9.29. The van der Waals surface area contributed by atoms with Crippen LogP contribution in [0.25, 0.3) is 0 Å². The van der Waals surface area contributed by atoms with E-state index in [1.54, 1.807) is 13.4 Å². The molecular weight excluding hydrogens is 352 g/mol. The molecule has 1 amide bonds. The lowest BCUT2D eigenvalue weighted by Crippen LogP contribution is -2.41. The molecule has 6 heteroatoms. The number of rotatable bonds is 9. The molecule has 3 N–H and O–H groups in total. The van der Waals surface area contributed by atoms with Crippen LogP contribution in [0.4, 0.5) is 0 Å². The normalized spacial score (nSPS) is 11.9. The third-order valence-electron chi connectivity index (χ3n) is 4.53. The summed E-state index contributed by atoms with van der Waals surface area (Å²) in [5, 5.41) is 2.91. The molecule has 0 unspecified atom stereocenters. The van der Waals surface area contributed by atoms with Crippen LogP contribution < -0.4 is 11.1 Å². The second-order valence-corrected chi connectivity index (χ2v) is 6.75. The molecule has 0 saturated carbocycles. The number of nitrogens with two attached hydrogens (primary N) is 1. The first kappa shape index (κ1) is 19.8. The van der Waals surface area contributed by atoms with Crippen molar-refractivity contribution in [2.45, 2.75) is 32.2 Å². The number of hydrogen-bond acceptors (Lipinski definition) is 4. The molecule has 0 aliphatic carbocycles. The van der Waals surface area contributed by atoms with E-state index in [0.29, 0.717) is 19.6 Å². The van der Waals surface area contributed by atoms with Gasteiger partial charge in [0.25, 0.3) is 0 Å². The summed E-state index contributed by atoms with van der Waals surface area (Å²) >= 11 is 0. The molecule has 1 heterocycles. The lowest BCUT2D eigenvalue weighted by Gasteiger charge is -2.13. The minimum Gasteiger partial charge on any atom is -0.380 e. The second-order valence-electron chi connectivity index (χ2n) is 6.75. The Kier molecular flexibility index (Phi) is 6.94. The lowest BCUT2D eigenvalue weighted by molar-refractivity contribution is -0.122. The van der Waals surface area contributed by atoms with E-state index in [1.165, 1.54) is 5.56 Å². The second kappa shape index (κ2) is 9.82. The minimum atomic E-state index is -0.644. The number of imidazole rings is 1. The van der Waals surface area contributed by atoms with Gasteiger partial charge in [0.05, 0.1) is 24.7 Å². The fourth-order valence-corrected chi connectivity index (χ4v) is 3.05. The van der Waals surface area contributed by atoms with Gasteiger partial charge in [-0.05, 0) is 16.7 Å². The summed E-state index contributed by atoms with van der Waals surface area (Å²) in [5.74, 6) is -0.190. The molecule has 0 spiro atoms. The fraction of sp³-hybridized carbons (Fsp3) is 0.273. The number of methoxy groups -OCH3 is 1. The minimum absolute atomic E-state index is 0.190. The van der Waals surface area contributed by atoms with E-state index in [0.717, 1.165) is 23.4 Å². The summed E-state index contributed by atoms with van der Waals surface area (Å²) in [6.07, 6.45) is 4.11. The molecule has 6 nitrogen and oxygen atoms in total. The van der Waals surface area contributed by atoms with Crippen LogP contribution in [0.3, 0.4) is 0 Å². The van der Waals surface area contributed by atoms with E-state index in [4.69, 9.17) is 10.5 Å². The number of benzene rings is 2. The van der Waals surface area contributed by atoms with Crippen molar-refractivity contribution in [1.82, 2.24) is 14.9 Å². The molecule has 1 aromatic heterocycles. The average Bonchev–Trinajstić information content (AvgIpc) is 3.14. The Labute approximate surface area is 165 Å². The van der Waals surface area contributed by atoms with Crippen LogP contribution >= 0.6 is 0 Å². The Balaban J connectivity index is 1.52. The highest BCUT2D eigenvalue weighted by Crippen LogP contribution is 2.10. The van der Waals surface area contributed by atoms with Gasteiger partial charge in [0, 0.05) is 32.8 Å². The highest BCUT2D eigenvalue weighted by molar-refractivity contribution is 5.81. The molecule has 146 valence electrons. The summed E-state index contributed by atoms with van der Waals surface area (Å²) < 4.78 is 7.20. The van der Waals surface area contributed by atoms with Gasteiger partial charge >= 0.3 is 0 Å². The fourth-order valence-electron chi connectivity index (χ4n) is 3.05. The van der Waals surface area contributed by atoms with E-state index in [2.05, 4.69) is 22.4 Å². The first-order chi connectivity index (χ1) is 13.7. The van der Waals surface area contributed by atoms with Crippen molar-refractivity contribution in [3.05, 3.63) is 89.5 Å². The van der Waals surface area contributed by atoms with Crippen molar-refractivity contribution in [2.75, 3.05) is 7.11 Å². The van der Waals surface area contributed by atoms with Crippen LogP contribution in [0.1, 0.15) is 22.4 Å². The molecular formula is C22H26N4O2. The molecule has 1 atom stereocenters. The van der Waals surface area contributed by atoms with E-state index < -0.39 is 6.04 Å². The molecule has 3 rings (SSSR count). The van der Waals surface area contributed by atoms with Gasteiger partial charge in [-0.15, -0.1) is 0 Å². The van der Waals surface area contributed by atoms with Crippen LogP contribution in [0.15, 0.2) is 67.1 Å². The molecule has 28 heavy (non-hydrogen) atoms. The number of ether oxygens (including phenoxy) is 1. The maximum Gasteiger partial charge on any atom is 0.237 e. The Morgan fingerprint density at radius 2 is 1.86 bits per heavy atom. The Morgan fingerprint density at radius 1 is 1.14 bits per heavy atom. The van der Waals surface area contributed by atoms with Crippen LogP contribution in [0.2, 0.25) is 0 Å². The van der Waals surface area contributed by atoms with Gasteiger partial charge in [-0.1, -0.05) is 54.6 Å². The first-order valence-corrected chi connectivity index (χ1v) is 9.29. The topological polar surface area (TPSA) is 82.2 Å². The number of nitrogens with zero attached hydrogens (tertiary/aromatic N) is 2. The van der Waals surface area contributed by atoms with E-state index in [9.17, 15) is 4.79 Å². The Bertz CT molecular complexity index is 892. The zero-order valence-electron chi connectivity index (χ0n) is 16.0. The molecule has 2 aromatic carbocycles. The zero-order chi connectivity index (χ0) is 19.8. The third-order valence-corrected chi connectivity index (χ3v) is 4.53. The quantitative estimate of drug-likeness (QED) is 0.598. The SMILES string of the molecule is COCc1ccccc1CNC(=O)[C@@H](N)Cc1cn(Cc2ccccc2)cn1. The van der Waals surface area contributed by atoms with Crippen molar-refractivity contribution in [3.8, 4) is 0 Å². The number of carbonyl (C=O) groups is 1. The lowest BCUT2D eigenvalue weighted by atomic mass is 10.1. The Hall–Kier alpha value is -2.96. The predicted molar refractivity (Wildman–Crippen MR) is 108 cm³/mol. The van der Waals surface area contributed by atoms with Gasteiger partial charge in [0.1, 0.15) is 0 Å². The Morgan fingerprint density at radius 3 is 2.61 bits per heavy atom. The monoisotopic (exact) mass is 378 g/mol. The summed E-state index contributed by atoms with van der Waals surface area (Å²) in [6, 6.07) is 17.4. The maximum absolute atomic E-state index is 12.4. The average molecular weight is 378 g/mol.